The summed E-state index contributed by atoms with van der Waals surface area (Å²) in [5, 5.41) is 26.0. The fraction of sp³-hybridized carbons (Fsp3) is 0.227. The van der Waals surface area contributed by atoms with Crippen LogP contribution in [-0.2, 0) is 11.0 Å². The first-order chi connectivity index (χ1) is 16.6. The average molecular weight is 504 g/mol. The maximum atomic E-state index is 13.0. The number of carboxylic acids is 1. The van der Waals surface area contributed by atoms with Crippen molar-refractivity contribution in [2.75, 3.05) is 11.9 Å². The molecule has 0 aliphatic rings. The highest BCUT2D eigenvalue weighted by atomic mass is 32.1. The van der Waals surface area contributed by atoms with E-state index in [9.17, 15) is 23.1 Å². The Bertz CT molecular complexity index is 1350. The van der Waals surface area contributed by atoms with Crippen LogP contribution in [0.25, 0.3) is 21.0 Å². The summed E-state index contributed by atoms with van der Waals surface area (Å²) in [7, 11) is 0. The molecule has 0 fully saturated rings. The fourth-order valence-electron chi connectivity index (χ4n) is 3.35. The van der Waals surface area contributed by atoms with E-state index in [1.54, 1.807) is 24.5 Å². The lowest BCUT2D eigenvalue weighted by Crippen LogP contribution is -2.20. The highest BCUT2D eigenvalue weighted by Gasteiger charge is 2.32. The largest absolute Gasteiger partial charge is 0.480 e. The zero-order valence-corrected chi connectivity index (χ0v) is 19.0. The van der Waals surface area contributed by atoms with Gasteiger partial charge in [0.15, 0.2) is 6.04 Å². The molecule has 0 aliphatic carbocycles. The van der Waals surface area contributed by atoms with Crippen molar-refractivity contribution < 1.29 is 28.2 Å². The van der Waals surface area contributed by atoms with Gasteiger partial charge in [-0.3, -0.25) is 4.68 Å². The molecule has 3 heterocycles. The number of hydrogen-bond donors (Lipinski definition) is 3. The van der Waals surface area contributed by atoms with Gasteiger partial charge in [-0.2, -0.15) is 18.3 Å². The van der Waals surface area contributed by atoms with E-state index in [0.29, 0.717) is 16.3 Å². The van der Waals surface area contributed by atoms with Crippen LogP contribution < -0.4 is 5.32 Å². The number of aliphatic hydroxyl groups excluding tert-OH is 1. The number of aromatic nitrogens is 5. The lowest BCUT2D eigenvalue weighted by molar-refractivity contribution is -0.142. The van der Waals surface area contributed by atoms with Crippen LogP contribution in [-0.4, -0.2) is 47.5 Å². The van der Waals surface area contributed by atoms with Gasteiger partial charge in [-0.15, -0.1) is 11.3 Å². The summed E-state index contributed by atoms with van der Waals surface area (Å²) < 4.78 is 40.1. The van der Waals surface area contributed by atoms with Gasteiger partial charge in [0.05, 0.1) is 11.1 Å². The molecule has 0 radical (unpaired) electrons. The third-order valence-corrected chi connectivity index (χ3v) is 6.02. The number of carbonyl (C=O) groups is 1. The Morgan fingerprint density at radius 2 is 2.00 bits per heavy atom. The molecule has 35 heavy (non-hydrogen) atoms. The zero-order valence-electron chi connectivity index (χ0n) is 18.2. The van der Waals surface area contributed by atoms with Crippen LogP contribution in [0.1, 0.15) is 23.7 Å². The van der Waals surface area contributed by atoms with Crippen molar-refractivity contribution in [3.63, 3.8) is 0 Å². The van der Waals surface area contributed by atoms with E-state index in [0.717, 1.165) is 28.3 Å². The monoisotopic (exact) mass is 504 g/mol. The van der Waals surface area contributed by atoms with Gasteiger partial charge in [0.2, 0.25) is 5.95 Å². The van der Waals surface area contributed by atoms with E-state index in [4.69, 9.17) is 5.11 Å². The second kappa shape index (κ2) is 9.80. The van der Waals surface area contributed by atoms with Crippen molar-refractivity contribution in [1.82, 2.24) is 24.7 Å². The first kappa shape index (κ1) is 24.3. The van der Waals surface area contributed by atoms with E-state index in [1.165, 1.54) is 22.2 Å². The van der Waals surface area contributed by atoms with Gasteiger partial charge in [-0.1, -0.05) is 6.07 Å². The lowest BCUT2D eigenvalue weighted by Gasteiger charge is -2.10. The molecule has 0 bridgehead atoms. The second-order valence-electron chi connectivity index (χ2n) is 7.58. The first-order valence-corrected chi connectivity index (χ1v) is 11.1. The number of nitrogens with one attached hydrogen (secondary N) is 1. The van der Waals surface area contributed by atoms with Gasteiger partial charge >= 0.3 is 12.1 Å². The number of aliphatic hydroxyl groups is 1. The van der Waals surface area contributed by atoms with Crippen LogP contribution in [0.5, 0.6) is 0 Å². The highest BCUT2D eigenvalue weighted by Crippen LogP contribution is 2.35. The van der Waals surface area contributed by atoms with E-state index in [1.807, 2.05) is 13.0 Å². The predicted molar refractivity (Wildman–Crippen MR) is 122 cm³/mol. The van der Waals surface area contributed by atoms with Crippen LogP contribution in [0.2, 0.25) is 0 Å². The van der Waals surface area contributed by atoms with E-state index >= 15 is 0 Å². The van der Waals surface area contributed by atoms with E-state index in [-0.39, 0.29) is 19.0 Å². The molecule has 0 saturated carbocycles. The summed E-state index contributed by atoms with van der Waals surface area (Å²) in [5.41, 5.74) is 1.72. The molecular formula is C22H19F3N6O3S. The van der Waals surface area contributed by atoms with E-state index in [2.05, 4.69) is 25.4 Å². The van der Waals surface area contributed by atoms with E-state index < -0.39 is 23.9 Å². The number of thiazole rings is 1. The summed E-state index contributed by atoms with van der Waals surface area (Å²) >= 11 is 1.35. The van der Waals surface area contributed by atoms with Crippen LogP contribution in [0, 0.1) is 6.92 Å². The molecule has 9 nitrogen and oxygen atoms in total. The number of benzene rings is 1. The first-order valence-electron chi connectivity index (χ1n) is 10.3. The van der Waals surface area contributed by atoms with Gasteiger partial charge < -0.3 is 15.5 Å². The molecule has 4 rings (SSSR count). The molecule has 13 heteroatoms. The predicted octanol–water partition coefficient (Wildman–Crippen LogP) is 4.54. The Labute approximate surface area is 200 Å². The van der Waals surface area contributed by atoms with Gasteiger partial charge in [0, 0.05) is 42.9 Å². The maximum absolute atomic E-state index is 13.0. The number of hydrogen-bond acceptors (Lipinski definition) is 8. The summed E-state index contributed by atoms with van der Waals surface area (Å²) in [6.07, 6.45) is 1.20. The Morgan fingerprint density at radius 1 is 1.20 bits per heavy atom. The van der Waals surface area contributed by atoms with Crippen molar-refractivity contribution in [2.24, 2.45) is 0 Å². The normalized spacial score (nSPS) is 12.5. The van der Waals surface area contributed by atoms with Crippen molar-refractivity contribution in [2.45, 2.75) is 25.6 Å². The van der Waals surface area contributed by atoms with Crippen molar-refractivity contribution in [3.8, 4) is 21.0 Å². The fourth-order valence-corrected chi connectivity index (χ4v) is 4.23. The number of halogens is 3. The molecule has 0 amide bonds. The zero-order chi connectivity index (χ0) is 25.2. The molecule has 0 aliphatic heterocycles. The number of aliphatic carboxylic acids is 1. The van der Waals surface area contributed by atoms with Crippen LogP contribution >= 0.6 is 11.3 Å². The minimum atomic E-state index is -4.58. The molecule has 1 aromatic carbocycles. The standard InChI is InChI=1S/C22H19F3N6O3S/c1-12-6-13(8-15(7-12)29-21-26-4-2-18(30-21)22(23,24)25)17-10-27-19(35-17)14-9-28-31(11-14)16(3-5-32)20(33)34/h2,4,6-11,16,32H,3,5H2,1H3,(H,33,34)(H,26,29,30). The number of carboxylic acid groups (broad SMARTS) is 1. The summed E-state index contributed by atoms with van der Waals surface area (Å²) in [6.45, 7) is 1.56. The molecule has 182 valence electrons. The second-order valence-corrected chi connectivity index (χ2v) is 8.61. The SMILES string of the molecule is Cc1cc(Nc2nccc(C(F)(F)F)n2)cc(-c2cnc(-c3cnn(C(CCO)C(=O)O)c3)s2)c1. The van der Waals surface area contributed by atoms with Crippen LogP contribution in [0.15, 0.2) is 49.1 Å². The third kappa shape index (κ3) is 5.63. The summed E-state index contributed by atoms with van der Waals surface area (Å²) in [5.74, 6) is -1.28. The Kier molecular flexibility index (Phi) is 6.80. The maximum Gasteiger partial charge on any atom is 0.433 e. The number of alkyl halides is 3. The van der Waals surface area contributed by atoms with Crippen molar-refractivity contribution in [3.05, 3.63) is 60.3 Å². The number of anilines is 2. The number of aryl methyl sites for hydroxylation is 1. The topological polar surface area (TPSA) is 126 Å². The summed E-state index contributed by atoms with van der Waals surface area (Å²) in [6, 6.07) is 5.22. The Balaban J connectivity index is 1.58. The molecule has 1 unspecified atom stereocenters. The molecule has 1 atom stereocenters. The van der Waals surface area contributed by atoms with Crippen molar-refractivity contribution in [1.29, 1.82) is 0 Å². The summed E-state index contributed by atoms with van der Waals surface area (Å²) in [4.78, 5) is 24.0. The third-order valence-electron chi connectivity index (χ3n) is 4.93. The van der Waals surface area contributed by atoms with Gasteiger partial charge in [0.1, 0.15) is 10.7 Å². The van der Waals surface area contributed by atoms with Crippen molar-refractivity contribution >= 4 is 28.9 Å². The van der Waals surface area contributed by atoms with Gasteiger partial charge in [0.25, 0.3) is 0 Å². The molecule has 3 N–H and O–H groups in total. The number of rotatable bonds is 8. The smallest absolute Gasteiger partial charge is 0.433 e. The molecular weight excluding hydrogens is 485 g/mol. The molecule has 4 aromatic rings. The Morgan fingerprint density at radius 3 is 2.71 bits per heavy atom. The average Bonchev–Trinajstić information content (AvgIpc) is 3.46. The molecule has 3 aromatic heterocycles. The van der Waals surface area contributed by atoms with Gasteiger partial charge in [-0.05, 0) is 36.2 Å². The lowest BCUT2D eigenvalue weighted by atomic mass is 10.1. The Hall–Kier alpha value is -3.84. The molecule has 0 spiro atoms. The minimum Gasteiger partial charge on any atom is -0.480 e. The quantitative estimate of drug-likeness (QED) is 0.319. The van der Waals surface area contributed by atoms with Gasteiger partial charge in [-0.25, -0.2) is 19.7 Å². The highest BCUT2D eigenvalue weighted by molar-refractivity contribution is 7.18. The molecule has 0 saturated heterocycles. The minimum absolute atomic E-state index is 0.0221. The van der Waals surface area contributed by atoms with Crippen LogP contribution in [0.3, 0.4) is 0 Å². The van der Waals surface area contributed by atoms with Crippen LogP contribution in [0.4, 0.5) is 24.8 Å². The number of nitrogens with zero attached hydrogens (tertiary/aromatic N) is 5.